The molecule has 8 heteroatoms. The van der Waals surface area contributed by atoms with Crippen molar-refractivity contribution in [2.45, 2.75) is 19.6 Å². The van der Waals surface area contributed by atoms with Crippen LogP contribution in [0.15, 0.2) is 40.9 Å². The van der Waals surface area contributed by atoms with Crippen LogP contribution in [0.2, 0.25) is 0 Å². The second kappa shape index (κ2) is 7.21. The molecule has 2 amide bonds. The SMILES string of the molecule is Cc1cc(Br)ccc1NC(=O)NCc1ccc(C(F)(F)F)cc1F. The lowest BCUT2D eigenvalue weighted by Gasteiger charge is -2.12. The number of halogens is 5. The van der Waals surface area contributed by atoms with Gasteiger partial charge in [-0.05, 0) is 42.8 Å². The summed E-state index contributed by atoms with van der Waals surface area (Å²) in [4.78, 5) is 11.8. The minimum absolute atomic E-state index is 0.0364. The van der Waals surface area contributed by atoms with Crippen LogP contribution in [0.5, 0.6) is 0 Å². The molecule has 0 saturated heterocycles. The normalized spacial score (nSPS) is 11.2. The molecule has 128 valence electrons. The van der Waals surface area contributed by atoms with Crippen LogP contribution in [-0.2, 0) is 12.7 Å². The predicted molar refractivity (Wildman–Crippen MR) is 86.1 cm³/mol. The van der Waals surface area contributed by atoms with Crippen LogP contribution in [0.4, 0.5) is 28.0 Å². The summed E-state index contributed by atoms with van der Waals surface area (Å²) in [6.45, 7) is 1.57. The summed E-state index contributed by atoms with van der Waals surface area (Å²) in [6.07, 6.45) is -4.61. The molecule has 0 atom stereocenters. The standard InChI is InChI=1S/C16H13BrF4N2O/c1-9-6-12(17)4-5-14(9)23-15(24)22-8-10-2-3-11(7-13(10)18)16(19,20)21/h2-7H,8H2,1H3,(H2,22,23,24). The summed E-state index contributed by atoms with van der Waals surface area (Å²) in [5, 5.41) is 4.99. The molecule has 0 saturated carbocycles. The lowest BCUT2D eigenvalue weighted by atomic mass is 10.1. The fourth-order valence-electron chi connectivity index (χ4n) is 1.98. The van der Waals surface area contributed by atoms with Crippen molar-refractivity contribution >= 4 is 27.6 Å². The molecule has 0 fully saturated rings. The van der Waals surface area contributed by atoms with Gasteiger partial charge in [0, 0.05) is 22.3 Å². The van der Waals surface area contributed by atoms with Crippen LogP contribution in [-0.4, -0.2) is 6.03 Å². The quantitative estimate of drug-likeness (QED) is 0.675. The van der Waals surface area contributed by atoms with E-state index in [-0.39, 0.29) is 12.1 Å². The van der Waals surface area contributed by atoms with E-state index >= 15 is 0 Å². The summed E-state index contributed by atoms with van der Waals surface area (Å²) in [5.74, 6) is -1.02. The van der Waals surface area contributed by atoms with Crippen LogP contribution in [0.25, 0.3) is 0 Å². The fourth-order valence-corrected chi connectivity index (χ4v) is 2.45. The number of aryl methyl sites for hydroxylation is 1. The Hall–Kier alpha value is -2.09. The van der Waals surface area contributed by atoms with Gasteiger partial charge in [0.1, 0.15) is 5.82 Å². The van der Waals surface area contributed by atoms with Gasteiger partial charge in [0.15, 0.2) is 0 Å². The molecule has 24 heavy (non-hydrogen) atoms. The molecule has 2 rings (SSSR count). The third-order valence-electron chi connectivity index (χ3n) is 3.26. The number of anilines is 1. The number of rotatable bonds is 3. The second-order valence-electron chi connectivity index (χ2n) is 5.07. The average molecular weight is 405 g/mol. The molecule has 0 spiro atoms. The number of benzene rings is 2. The van der Waals surface area contributed by atoms with Gasteiger partial charge in [0.2, 0.25) is 0 Å². The number of carbonyl (C=O) groups excluding carboxylic acids is 1. The maximum atomic E-state index is 13.7. The summed E-state index contributed by atoms with van der Waals surface area (Å²) >= 11 is 3.30. The van der Waals surface area contributed by atoms with E-state index in [1.807, 2.05) is 6.07 Å². The van der Waals surface area contributed by atoms with Crippen molar-refractivity contribution in [2.24, 2.45) is 0 Å². The van der Waals surface area contributed by atoms with E-state index in [1.54, 1.807) is 19.1 Å². The van der Waals surface area contributed by atoms with E-state index in [1.165, 1.54) is 0 Å². The molecule has 0 radical (unpaired) electrons. The molecule has 0 aliphatic heterocycles. The lowest BCUT2D eigenvalue weighted by Crippen LogP contribution is -2.28. The van der Waals surface area contributed by atoms with E-state index < -0.39 is 23.6 Å². The molecule has 0 heterocycles. The van der Waals surface area contributed by atoms with Crippen LogP contribution < -0.4 is 10.6 Å². The maximum absolute atomic E-state index is 13.7. The van der Waals surface area contributed by atoms with Crippen molar-refractivity contribution in [1.29, 1.82) is 0 Å². The van der Waals surface area contributed by atoms with Gasteiger partial charge in [-0.15, -0.1) is 0 Å². The molecule has 0 unspecified atom stereocenters. The Bertz CT molecular complexity index is 762. The van der Waals surface area contributed by atoms with E-state index in [4.69, 9.17) is 0 Å². The molecule has 2 aromatic carbocycles. The van der Waals surface area contributed by atoms with Crippen molar-refractivity contribution in [1.82, 2.24) is 5.32 Å². The number of hydrogen-bond acceptors (Lipinski definition) is 1. The third-order valence-corrected chi connectivity index (χ3v) is 3.75. The van der Waals surface area contributed by atoms with Crippen LogP contribution in [0.1, 0.15) is 16.7 Å². The Morgan fingerprint density at radius 2 is 1.88 bits per heavy atom. The highest BCUT2D eigenvalue weighted by Crippen LogP contribution is 2.30. The first kappa shape index (κ1) is 18.3. The number of nitrogens with one attached hydrogen (secondary N) is 2. The highest BCUT2D eigenvalue weighted by atomic mass is 79.9. The maximum Gasteiger partial charge on any atom is 0.416 e. The first-order valence-corrected chi connectivity index (χ1v) is 7.63. The van der Waals surface area contributed by atoms with Gasteiger partial charge in [0.25, 0.3) is 0 Å². The summed E-state index contributed by atoms with van der Waals surface area (Å²) in [5.41, 5.74) is 0.285. The largest absolute Gasteiger partial charge is 0.416 e. The minimum Gasteiger partial charge on any atom is -0.334 e. The van der Waals surface area contributed by atoms with Crippen molar-refractivity contribution in [3.8, 4) is 0 Å². The lowest BCUT2D eigenvalue weighted by molar-refractivity contribution is -0.137. The van der Waals surface area contributed by atoms with E-state index in [9.17, 15) is 22.4 Å². The van der Waals surface area contributed by atoms with Gasteiger partial charge in [-0.3, -0.25) is 0 Å². The molecule has 2 aromatic rings. The van der Waals surface area contributed by atoms with Crippen LogP contribution in [0, 0.1) is 12.7 Å². The Morgan fingerprint density at radius 1 is 1.17 bits per heavy atom. The third kappa shape index (κ3) is 4.70. The zero-order chi connectivity index (χ0) is 17.9. The molecule has 0 aromatic heterocycles. The Labute approximate surface area is 144 Å². The van der Waals surface area contributed by atoms with Gasteiger partial charge in [-0.2, -0.15) is 13.2 Å². The van der Waals surface area contributed by atoms with Crippen LogP contribution in [0.3, 0.4) is 0 Å². The topological polar surface area (TPSA) is 41.1 Å². The van der Waals surface area contributed by atoms with Crippen molar-refractivity contribution in [2.75, 3.05) is 5.32 Å². The molecule has 0 aliphatic rings. The van der Waals surface area contributed by atoms with E-state index in [2.05, 4.69) is 26.6 Å². The van der Waals surface area contributed by atoms with E-state index in [0.717, 1.165) is 22.2 Å². The summed E-state index contributed by atoms with van der Waals surface area (Å²) in [7, 11) is 0. The molecule has 3 nitrogen and oxygen atoms in total. The average Bonchev–Trinajstić information content (AvgIpc) is 2.48. The smallest absolute Gasteiger partial charge is 0.334 e. The van der Waals surface area contributed by atoms with Gasteiger partial charge >= 0.3 is 12.2 Å². The zero-order valence-corrected chi connectivity index (χ0v) is 14.1. The van der Waals surface area contributed by atoms with E-state index in [0.29, 0.717) is 11.8 Å². The Kier molecular flexibility index (Phi) is 5.48. The number of carbonyl (C=O) groups is 1. The Morgan fingerprint density at radius 3 is 2.46 bits per heavy atom. The summed E-state index contributed by atoms with van der Waals surface area (Å²) < 4.78 is 52.0. The molecule has 0 bridgehead atoms. The van der Waals surface area contributed by atoms with Gasteiger partial charge in [0.05, 0.1) is 5.56 Å². The predicted octanol–water partition coefficient (Wildman–Crippen LogP) is 5.24. The van der Waals surface area contributed by atoms with Gasteiger partial charge in [-0.1, -0.05) is 22.0 Å². The number of alkyl halides is 3. The minimum atomic E-state index is -4.61. The first-order valence-electron chi connectivity index (χ1n) is 6.83. The van der Waals surface area contributed by atoms with Crippen molar-refractivity contribution < 1.29 is 22.4 Å². The zero-order valence-electron chi connectivity index (χ0n) is 12.5. The summed E-state index contributed by atoms with van der Waals surface area (Å²) in [6, 6.07) is 6.86. The highest BCUT2D eigenvalue weighted by molar-refractivity contribution is 9.10. The molecule has 0 aliphatic carbocycles. The van der Waals surface area contributed by atoms with Gasteiger partial charge < -0.3 is 10.6 Å². The van der Waals surface area contributed by atoms with Crippen LogP contribution >= 0.6 is 15.9 Å². The first-order chi connectivity index (χ1) is 11.2. The molecular formula is C16H13BrF4N2O. The number of hydrogen-bond donors (Lipinski definition) is 2. The Balaban J connectivity index is 1.99. The van der Waals surface area contributed by atoms with Gasteiger partial charge in [-0.25, -0.2) is 9.18 Å². The monoisotopic (exact) mass is 404 g/mol. The highest BCUT2D eigenvalue weighted by Gasteiger charge is 2.31. The molecule has 2 N–H and O–H groups in total. The van der Waals surface area contributed by atoms with Crippen molar-refractivity contribution in [3.63, 3.8) is 0 Å². The number of urea groups is 1. The molecular weight excluding hydrogens is 392 g/mol. The van der Waals surface area contributed by atoms with Crippen molar-refractivity contribution in [3.05, 3.63) is 63.4 Å². The fraction of sp³-hybridized carbons (Fsp3) is 0.188. The number of amides is 2. The second-order valence-corrected chi connectivity index (χ2v) is 5.99.